The van der Waals surface area contributed by atoms with Gasteiger partial charge in [-0.3, -0.25) is 4.79 Å². The standard InChI is InChI=1S/C18H30O3/c19-15-9-3-2-8-14(15)18(21)13-7-4-10-16(18)17(20)11-5-1-6-12-17/h14,16,20-21H,1-13H2/t14-,16-,18-/m0/s1. The summed E-state index contributed by atoms with van der Waals surface area (Å²) in [6.45, 7) is 0. The van der Waals surface area contributed by atoms with E-state index in [4.69, 9.17) is 0 Å². The molecule has 21 heavy (non-hydrogen) atoms. The van der Waals surface area contributed by atoms with E-state index in [1.165, 1.54) is 6.42 Å². The lowest BCUT2D eigenvalue weighted by atomic mass is 9.57. The lowest BCUT2D eigenvalue weighted by molar-refractivity contribution is -0.187. The Balaban J connectivity index is 1.87. The predicted molar refractivity (Wildman–Crippen MR) is 81.9 cm³/mol. The molecule has 3 saturated carbocycles. The fourth-order valence-electron chi connectivity index (χ4n) is 5.36. The number of aliphatic hydroxyl groups is 2. The summed E-state index contributed by atoms with van der Waals surface area (Å²) in [6, 6.07) is 0. The molecule has 0 amide bonds. The van der Waals surface area contributed by atoms with Crippen LogP contribution in [0.25, 0.3) is 0 Å². The Morgan fingerprint density at radius 1 is 0.810 bits per heavy atom. The van der Waals surface area contributed by atoms with E-state index in [1.54, 1.807) is 0 Å². The highest BCUT2D eigenvalue weighted by molar-refractivity contribution is 5.83. The fraction of sp³-hybridized carbons (Fsp3) is 0.944. The van der Waals surface area contributed by atoms with Gasteiger partial charge in [-0.1, -0.05) is 38.5 Å². The van der Waals surface area contributed by atoms with Crippen molar-refractivity contribution >= 4 is 5.78 Å². The maximum Gasteiger partial charge on any atom is 0.138 e. The van der Waals surface area contributed by atoms with Crippen molar-refractivity contribution in [2.24, 2.45) is 11.8 Å². The minimum Gasteiger partial charge on any atom is -0.389 e. The molecule has 3 rings (SSSR count). The van der Waals surface area contributed by atoms with E-state index in [0.29, 0.717) is 12.8 Å². The van der Waals surface area contributed by atoms with Crippen LogP contribution in [0.4, 0.5) is 0 Å². The van der Waals surface area contributed by atoms with Crippen molar-refractivity contribution in [1.82, 2.24) is 0 Å². The van der Waals surface area contributed by atoms with Crippen molar-refractivity contribution < 1.29 is 15.0 Å². The first-order valence-corrected chi connectivity index (χ1v) is 9.04. The third-order valence-corrected chi connectivity index (χ3v) is 6.45. The van der Waals surface area contributed by atoms with E-state index in [2.05, 4.69) is 0 Å². The molecule has 3 fully saturated rings. The fourth-order valence-corrected chi connectivity index (χ4v) is 5.36. The van der Waals surface area contributed by atoms with Crippen LogP contribution in [-0.4, -0.2) is 27.2 Å². The molecular formula is C18H30O3. The number of carbonyl (C=O) groups excluding carboxylic acids is 1. The van der Waals surface area contributed by atoms with Gasteiger partial charge in [-0.05, 0) is 38.5 Å². The third-order valence-electron chi connectivity index (χ3n) is 6.45. The number of rotatable bonds is 2. The minimum atomic E-state index is -0.943. The molecule has 0 aliphatic heterocycles. The quantitative estimate of drug-likeness (QED) is 0.821. The zero-order valence-corrected chi connectivity index (χ0v) is 13.1. The topological polar surface area (TPSA) is 57.5 Å². The van der Waals surface area contributed by atoms with Gasteiger partial charge in [-0.25, -0.2) is 0 Å². The smallest absolute Gasteiger partial charge is 0.138 e. The lowest BCUT2D eigenvalue weighted by Crippen LogP contribution is -2.59. The number of ketones is 1. The second kappa shape index (κ2) is 6.00. The zero-order valence-electron chi connectivity index (χ0n) is 13.1. The lowest BCUT2D eigenvalue weighted by Gasteiger charge is -2.53. The Kier molecular flexibility index (Phi) is 4.42. The third kappa shape index (κ3) is 2.79. The van der Waals surface area contributed by atoms with Gasteiger partial charge in [0.2, 0.25) is 0 Å². The van der Waals surface area contributed by atoms with Gasteiger partial charge in [0.1, 0.15) is 5.78 Å². The summed E-state index contributed by atoms with van der Waals surface area (Å²) in [7, 11) is 0. The maximum absolute atomic E-state index is 12.4. The van der Waals surface area contributed by atoms with Crippen molar-refractivity contribution in [1.29, 1.82) is 0 Å². The first-order chi connectivity index (χ1) is 10.1. The Morgan fingerprint density at radius 2 is 1.48 bits per heavy atom. The van der Waals surface area contributed by atoms with Gasteiger partial charge in [0.15, 0.2) is 0 Å². The van der Waals surface area contributed by atoms with Gasteiger partial charge in [-0.15, -0.1) is 0 Å². The molecule has 0 heterocycles. The summed E-state index contributed by atoms with van der Waals surface area (Å²) in [6.07, 6.45) is 12.0. The molecule has 0 aromatic rings. The van der Waals surface area contributed by atoms with Gasteiger partial charge < -0.3 is 10.2 Å². The molecule has 2 N–H and O–H groups in total. The molecule has 3 aliphatic carbocycles. The van der Waals surface area contributed by atoms with Crippen LogP contribution in [0.5, 0.6) is 0 Å². The average molecular weight is 294 g/mol. The summed E-state index contributed by atoms with van der Waals surface area (Å²) < 4.78 is 0. The van der Waals surface area contributed by atoms with Gasteiger partial charge in [-0.2, -0.15) is 0 Å². The largest absolute Gasteiger partial charge is 0.389 e. The van der Waals surface area contributed by atoms with Gasteiger partial charge in [0, 0.05) is 18.3 Å². The molecule has 0 unspecified atom stereocenters. The monoisotopic (exact) mass is 294 g/mol. The summed E-state index contributed by atoms with van der Waals surface area (Å²) in [5, 5.41) is 22.6. The molecule has 0 saturated heterocycles. The van der Waals surface area contributed by atoms with Crippen LogP contribution in [-0.2, 0) is 4.79 Å². The molecule has 0 bridgehead atoms. The van der Waals surface area contributed by atoms with E-state index in [0.717, 1.165) is 64.2 Å². The Bertz CT molecular complexity index is 386. The number of carbonyl (C=O) groups is 1. The van der Waals surface area contributed by atoms with Crippen molar-refractivity contribution in [3.05, 3.63) is 0 Å². The second-order valence-corrected chi connectivity index (χ2v) is 7.72. The van der Waals surface area contributed by atoms with Gasteiger partial charge >= 0.3 is 0 Å². The molecule has 3 atom stereocenters. The Morgan fingerprint density at radius 3 is 2.19 bits per heavy atom. The second-order valence-electron chi connectivity index (χ2n) is 7.72. The van der Waals surface area contributed by atoms with Crippen molar-refractivity contribution in [3.63, 3.8) is 0 Å². The first-order valence-electron chi connectivity index (χ1n) is 9.04. The highest BCUT2D eigenvalue weighted by Gasteiger charge is 2.55. The highest BCUT2D eigenvalue weighted by atomic mass is 16.3. The van der Waals surface area contributed by atoms with Crippen LogP contribution < -0.4 is 0 Å². The highest BCUT2D eigenvalue weighted by Crippen LogP contribution is 2.51. The van der Waals surface area contributed by atoms with E-state index in [9.17, 15) is 15.0 Å². The number of Topliss-reactive ketones (excluding diaryl/α,β-unsaturated/α-hetero) is 1. The normalized spacial score (nSPS) is 41.0. The molecule has 0 aromatic heterocycles. The minimum absolute atomic E-state index is 0.0916. The van der Waals surface area contributed by atoms with E-state index >= 15 is 0 Å². The zero-order chi connectivity index (χ0) is 14.9. The van der Waals surface area contributed by atoms with E-state index in [-0.39, 0.29) is 17.6 Å². The summed E-state index contributed by atoms with van der Waals surface area (Å²) in [5.74, 6) is -0.0661. The summed E-state index contributed by atoms with van der Waals surface area (Å²) in [4.78, 5) is 12.4. The Labute approximate surface area is 128 Å². The van der Waals surface area contributed by atoms with Crippen molar-refractivity contribution in [2.45, 2.75) is 94.7 Å². The van der Waals surface area contributed by atoms with Crippen LogP contribution >= 0.6 is 0 Å². The average Bonchev–Trinajstić information content (AvgIpc) is 2.48. The summed E-state index contributed by atoms with van der Waals surface area (Å²) in [5.41, 5.74) is -1.67. The SMILES string of the molecule is O=C1CCCC[C@@H]1[C@@]1(O)CCCC[C@H]1C1(O)CCCCC1. The number of hydrogen-bond donors (Lipinski definition) is 2. The number of hydrogen-bond acceptors (Lipinski definition) is 3. The Hall–Kier alpha value is -0.410. The van der Waals surface area contributed by atoms with Gasteiger partial charge in [0.05, 0.1) is 11.2 Å². The molecule has 0 radical (unpaired) electrons. The van der Waals surface area contributed by atoms with Gasteiger partial charge in [0.25, 0.3) is 0 Å². The summed E-state index contributed by atoms with van der Waals surface area (Å²) >= 11 is 0. The van der Waals surface area contributed by atoms with Crippen LogP contribution in [0.3, 0.4) is 0 Å². The molecular weight excluding hydrogens is 264 g/mol. The van der Waals surface area contributed by atoms with Crippen molar-refractivity contribution in [2.75, 3.05) is 0 Å². The molecule has 0 aromatic carbocycles. The van der Waals surface area contributed by atoms with Crippen LogP contribution in [0.1, 0.15) is 83.5 Å². The van der Waals surface area contributed by atoms with E-state index in [1.807, 2.05) is 0 Å². The van der Waals surface area contributed by atoms with Crippen molar-refractivity contribution in [3.8, 4) is 0 Å². The predicted octanol–water partition coefficient (Wildman–Crippen LogP) is 3.36. The molecule has 120 valence electrons. The molecule has 3 aliphatic rings. The van der Waals surface area contributed by atoms with Crippen LogP contribution in [0.15, 0.2) is 0 Å². The van der Waals surface area contributed by atoms with Crippen LogP contribution in [0.2, 0.25) is 0 Å². The van der Waals surface area contributed by atoms with Crippen LogP contribution in [0, 0.1) is 11.8 Å². The molecule has 0 spiro atoms. The van der Waals surface area contributed by atoms with E-state index < -0.39 is 11.2 Å². The first kappa shape index (κ1) is 15.5. The maximum atomic E-state index is 12.4. The molecule has 3 nitrogen and oxygen atoms in total. The molecule has 3 heteroatoms.